The van der Waals surface area contributed by atoms with Crippen molar-refractivity contribution in [1.82, 2.24) is 5.48 Å². The summed E-state index contributed by atoms with van der Waals surface area (Å²) in [6.45, 7) is -0.0548. The molecule has 70 valence electrons. The van der Waals surface area contributed by atoms with E-state index in [0.29, 0.717) is 10.0 Å². The number of amidine groups is 1. The zero-order chi connectivity index (χ0) is 9.84. The molecule has 0 aromatic heterocycles. The molecule has 0 aliphatic rings. The Morgan fingerprint density at radius 2 is 2.23 bits per heavy atom. The Balaban J connectivity index is 3.02. The van der Waals surface area contributed by atoms with Crippen molar-refractivity contribution in [3.63, 3.8) is 0 Å². The van der Waals surface area contributed by atoms with Crippen LogP contribution in [-0.2, 0) is 6.61 Å². The summed E-state index contributed by atoms with van der Waals surface area (Å²) in [4.78, 5) is 0. The molecule has 1 rings (SSSR count). The van der Waals surface area contributed by atoms with E-state index in [4.69, 9.17) is 15.7 Å². The van der Waals surface area contributed by atoms with Gasteiger partial charge in [0.2, 0.25) is 0 Å². The first-order chi connectivity index (χ1) is 6.19. The van der Waals surface area contributed by atoms with E-state index in [0.717, 1.165) is 5.56 Å². The average molecular weight is 245 g/mol. The van der Waals surface area contributed by atoms with Gasteiger partial charge >= 0.3 is 0 Å². The topological polar surface area (TPSA) is 76.3 Å². The summed E-state index contributed by atoms with van der Waals surface area (Å²) in [6, 6.07) is 4.98. The molecule has 4 N–H and O–H groups in total. The van der Waals surface area contributed by atoms with Crippen molar-refractivity contribution in [2.75, 3.05) is 0 Å². The van der Waals surface area contributed by atoms with Gasteiger partial charge in [0.1, 0.15) is 5.84 Å². The molecule has 4 nitrogen and oxygen atoms in total. The maximum absolute atomic E-state index is 8.86. The van der Waals surface area contributed by atoms with Crippen molar-refractivity contribution in [1.29, 1.82) is 5.41 Å². The summed E-state index contributed by atoms with van der Waals surface area (Å²) < 4.78 is 0.715. The molecule has 0 spiro atoms. The monoisotopic (exact) mass is 244 g/mol. The van der Waals surface area contributed by atoms with E-state index in [1.54, 1.807) is 23.7 Å². The molecule has 0 saturated carbocycles. The lowest BCUT2D eigenvalue weighted by Gasteiger charge is -2.05. The molecule has 0 amide bonds. The summed E-state index contributed by atoms with van der Waals surface area (Å²) in [5.74, 6) is -0.0785. The van der Waals surface area contributed by atoms with E-state index >= 15 is 0 Å². The van der Waals surface area contributed by atoms with Crippen LogP contribution in [0.1, 0.15) is 11.1 Å². The van der Waals surface area contributed by atoms with Gasteiger partial charge in [0, 0.05) is 10.0 Å². The number of hydroxylamine groups is 1. The fraction of sp³-hybridized carbons (Fsp3) is 0.125. The van der Waals surface area contributed by atoms with Gasteiger partial charge in [-0.1, -0.05) is 28.1 Å². The van der Waals surface area contributed by atoms with E-state index in [-0.39, 0.29) is 12.4 Å². The van der Waals surface area contributed by atoms with Crippen molar-refractivity contribution < 1.29 is 10.3 Å². The van der Waals surface area contributed by atoms with Crippen LogP contribution in [0.5, 0.6) is 0 Å². The van der Waals surface area contributed by atoms with E-state index in [1.165, 1.54) is 0 Å². The Morgan fingerprint density at radius 3 is 2.69 bits per heavy atom. The van der Waals surface area contributed by atoms with E-state index in [1.807, 2.05) is 0 Å². The van der Waals surface area contributed by atoms with Gasteiger partial charge in [0.25, 0.3) is 0 Å². The average Bonchev–Trinajstić information content (AvgIpc) is 2.16. The molecule has 0 radical (unpaired) electrons. The minimum Gasteiger partial charge on any atom is -0.392 e. The third-order valence-electron chi connectivity index (χ3n) is 1.62. The number of nitrogens with one attached hydrogen (secondary N) is 2. The smallest absolute Gasteiger partial charge is 0.149 e. The molecule has 0 fully saturated rings. The molecule has 0 atom stereocenters. The van der Waals surface area contributed by atoms with Gasteiger partial charge < -0.3 is 5.11 Å². The van der Waals surface area contributed by atoms with E-state index in [2.05, 4.69) is 15.9 Å². The molecule has 0 heterocycles. The number of hydrogen-bond donors (Lipinski definition) is 4. The maximum Gasteiger partial charge on any atom is 0.149 e. The van der Waals surface area contributed by atoms with Crippen LogP contribution in [-0.4, -0.2) is 16.1 Å². The van der Waals surface area contributed by atoms with Crippen LogP contribution in [0.4, 0.5) is 0 Å². The minimum absolute atomic E-state index is 0.0548. The molecule has 13 heavy (non-hydrogen) atoms. The van der Waals surface area contributed by atoms with Crippen LogP contribution in [0.25, 0.3) is 0 Å². The van der Waals surface area contributed by atoms with Crippen molar-refractivity contribution in [2.45, 2.75) is 6.61 Å². The highest BCUT2D eigenvalue weighted by molar-refractivity contribution is 9.10. The summed E-state index contributed by atoms with van der Waals surface area (Å²) >= 11 is 3.24. The molecule has 1 aromatic carbocycles. The van der Waals surface area contributed by atoms with Crippen molar-refractivity contribution in [2.24, 2.45) is 0 Å². The largest absolute Gasteiger partial charge is 0.392 e. The molecule has 0 unspecified atom stereocenters. The van der Waals surface area contributed by atoms with Crippen LogP contribution in [0.15, 0.2) is 22.7 Å². The molecule has 0 aliphatic carbocycles. The second kappa shape index (κ2) is 4.36. The molecule has 0 aliphatic heterocycles. The van der Waals surface area contributed by atoms with Crippen LogP contribution in [0, 0.1) is 5.41 Å². The predicted octanol–water partition coefficient (Wildman–Crippen LogP) is 1.25. The molecule has 5 heteroatoms. The normalized spacial score (nSPS) is 9.77. The van der Waals surface area contributed by atoms with Gasteiger partial charge in [-0.2, -0.15) is 0 Å². The Morgan fingerprint density at radius 1 is 1.54 bits per heavy atom. The molecule has 0 bridgehead atoms. The van der Waals surface area contributed by atoms with Gasteiger partial charge in [-0.15, -0.1) is 0 Å². The Labute approximate surface area is 83.8 Å². The summed E-state index contributed by atoms with van der Waals surface area (Å²) in [5, 5.41) is 24.6. The number of hydrogen-bond acceptors (Lipinski definition) is 3. The van der Waals surface area contributed by atoms with Crippen LogP contribution >= 0.6 is 15.9 Å². The van der Waals surface area contributed by atoms with Crippen LogP contribution in [0.3, 0.4) is 0 Å². The van der Waals surface area contributed by atoms with Gasteiger partial charge in [-0.3, -0.25) is 16.1 Å². The van der Waals surface area contributed by atoms with Crippen molar-refractivity contribution in [3.8, 4) is 0 Å². The summed E-state index contributed by atoms with van der Waals surface area (Å²) in [7, 11) is 0. The highest BCUT2D eigenvalue weighted by Gasteiger charge is 2.03. The first-order valence-electron chi connectivity index (χ1n) is 3.57. The lowest BCUT2D eigenvalue weighted by atomic mass is 10.1. The van der Waals surface area contributed by atoms with Crippen LogP contribution < -0.4 is 5.48 Å². The number of halogens is 1. The molecular formula is C8H9BrN2O2. The molecule has 1 aromatic rings. The van der Waals surface area contributed by atoms with Crippen molar-refractivity contribution in [3.05, 3.63) is 33.8 Å². The first kappa shape index (κ1) is 10.2. The highest BCUT2D eigenvalue weighted by Crippen LogP contribution is 2.18. The molecular weight excluding hydrogens is 236 g/mol. The Hall–Kier alpha value is -0.910. The van der Waals surface area contributed by atoms with Gasteiger partial charge in [-0.25, -0.2) is 0 Å². The standard InChI is InChI=1S/C8H9BrN2O2/c9-7-3-5(8(10)11-13)1-2-6(7)4-12/h1-3,12-13H,4H2,(H2,10,11). The summed E-state index contributed by atoms with van der Waals surface area (Å²) in [5.41, 5.74) is 3.04. The summed E-state index contributed by atoms with van der Waals surface area (Å²) in [6.07, 6.45) is 0. The fourth-order valence-corrected chi connectivity index (χ4v) is 1.40. The minimum atomic E-state index is -0.0785. The van der Waals surface area contributed by atoms with E-state index in [9.17, 15) is 0 Å². The fourth-order valence-electron chi connectivity index (χ4n) is 0.896. The predicted molar refractivity (Wildman–Crippen MR) is 51.8 cm³/mol. The number of rotatable bonds is 2. The lowest BCUT2D eigenvalue weighted by molar-refractivity contribution is 0.234. The number of aliphatic hydroxyl groups excluding tert-OH is 1. The molecule has 0 saturated heterocycles. The number of aliphatic hydroxyl groups is 1. The highest BCUT2D eigenvalue weighted by atomic mass is 79.9. The van der Waals surface area contributed by atoms with Gasteiger partial charge in [0.15, 0.2) is 0 Å². The van der Waals surface area contributed by atoms with Gasteiger partial charge in [0.05, 0.1) is 6.61 Å². The third-order valence-corrected chi connectivity index (χ3v) is 2.36. The first-order valence-corrected chi connectivity index (χ1v) is 4.36. The second-order valence-corrected chi connectivity index (χ2v) is 3.31. The van der Waals surface area contributed by atoms with E-state index < -0.39 is 0 Å². The lowest BCUT2D eigenvalue weighted by Crippen LogP contribution is -2.18. The SMILES string of the molecule is N=C(NO)c1ccc(CO)c(Br)c1. The number of benzene rings is 1. The zero-order valence-electron chi connectivity index (χ0n) is 6.71. The Kier molecular flexibility index (Phi) is 3.41. The maximum atomic E-state index is 8.86. The quantitative estimate of drug-likeness (QED) is 0.359. The third kappa shape index (κ3) is 2.27. The van der Waals surface area contributed by atoms with Crippen LogP contribution in [0.2, 0.25) is 0 Å². The second-order valence-electron chi connectivity index (χ2n) is 2.45. The van der Waals surface area contributed by atoms with Crippen molar-refractivity contribution >= 4 is 21.8 Å². The Bertz CT molecular complexity index is 328. The zero-order valence-corrected chi connectivity index (χ0v) is 8.30. The van der Waals surface area contributed by atoms with Gasteiger partial charge in [-0.05, 0) is 11.6 Å².